The molecule has 0 fully saturated rings. The van der Waals surface area contributed by atoms with Crippen LogP contribution in [-0.2, 0) is 11.8 Å². The zero-order valence-electron chi connectivity index (χ0n) is 22.5. The van der Waals surface area contributed by atoms with Crippen molar-refractivity contribution in [3.05, 3.63) is 88.9 Å². The van der Waals surface area contributed by atoms with Gasteiger partial charge in [-0.25, -0.2) is 0 Å². The van der Waals surface area contributed by atoms with Gasteiger partial charge in [-0.1, -0.05) is 71.0 Å². The van der Waals surface area contributed by atoms with Crippen molar-refractivity contribution >= 4 is 53.6 Å². The highest BCUT2D eigenvalue weighted by atomic mass is 32.1. The number of hydrogen-bond acceptors (Lipinski definition) is 3. The molecule has 0 N–H and O–H groups in total. The Morgan fingerprint density at radius 2 is 1.68 bits per heavy atom. The van der Waals surface area contributed by atoms with Crippen LogP contribution in [0.15, 0.2) is 72.9 Å². The maximum atomic E-state index is 4.94. The van der Waals surface area contributed by atoms with Crippen molar-refractivity contribution in [2.75, 3.05) is 0 Å². The van der Waals surface area contributed by atoms with Gasteiger partial charge in [-0.05, 0) is 82.3 Å². The normalized spacial score (nSPS) is 12.4. The molecular formula is C34H33NS2. The van der Waals surface area contributed by atoms with Gasteiger partial charge in [0.25, 0.3) is 0 Å². The van der Waals surface area contributed by atoms with Crippen molar-refractivity contribution in [3.8, 4) is 21.7 Å². The molecule has 0 bridgehead atoms. The van der Waals surface area contributed by atoms with E-state index < -0.39 is 0 Å². The van der Waals surface area contributed by atoms with Crippen LogP contribution in [0.2, 0.25) is 0 Å². The Hall–Kier alpha value is -3.01. The number of fused-ring (bicyclic) bond motifs is 3. The van der Waals surface area contributed by atoms with E-state index in [4.69, 9.17) is 4.98 Å². The molecule has 0 aliphatic heterocycles. The fourth-order valence-corrected chi connectivity index (χ4v) is 8.14. The van der Waals surface area contributed by atoms with Crippen LogP contribution in [0.3, 0.4) is 0 Å². The molecule has 0 aliphatic carbocycles. The van der Waals surface area contributed by atoms with Gasteiger partial charge in [0, 0.05) is 37.2 Å². The van der Waals surface area contributed by atoms with E-state index in [0.717, 1.165) is 12.1 Å². The van der Waals surface area contributed by atoms with Crippen molar-refractivity contribution in [1.29, 1.82) is 0 Å². The molecule has 0 aliphatic rings. The molecule has 6 rings (SSSR count). The lowest BCUT2D eigenvalue weighted by Crippen LogP contribution is -2.12. The molecule has 0 spiro atoms. The minimum atomic E-state index is 0.0456. The van der Waals surface area contributed by atoms with Crippen molar-refractivity contribution in [2.45, 2.75) is 53.4 Å². The number of rotatable bonds is 4. The lowest BCUT2D eigenvalue weighted by Gasteiger charge is -2.22. The van der Waals surface area contributed by atoms with E-state index in [0.29, 0.717) is 5.92 Å². The largest absolute Gasteiger partial charge is 0.255 e. The summed E-state index contributed by atoms with van der Waals surface area (Å²) in [5.41, 5.74) is 6.50. The third-order valence-corrected chi connectivity index (χ3v) is 9.76. The van der Waals surface area contributed by atoms with Gasteiger partial charge in [-0.2, -0.15) is 0 Å². The fraction of sp³-hybridized carbons (Fsp3) is 0.265. The van der Waals surface area contributed by atoms with Crippen molar-refractivity contribution < 1.29 is 0 Å². The highest BCUT2D eigenvalue weighted by Crippen LogP contribution is 2.45. The standard InChI is InChI=1S/C34H33NS2/c1-20(2)16-29-21(3)31-26(12-9-13-28(31)36-29)30-19-23-14-15-35-32(33(23)37-30)24-17-22-10-7-8-11-25(22)27(18-24)34(4,5)6/h7-15,17-20H,16H2,1-6H3. The summed E-state index contributed by atoms with van der Waals surface area (Å²) in [4.78, 5) is 7.79. The molecule has 0 saturated carbocycles. The summed E-state index contributed by atoms with van der Waals surface area (Å²) in [6, 6.07) is 24.7. The van der Waals surface area contributed by atoms with Crippen LogP contribution in [0.1, 0.15) is 50.6 Å². The van der Waals surface area contributed by atoms with Crippen LogP contribution < -0.4 is 0 Å². The number of hydrogen-bond donors (Lipinski definition) is 0. The average molecular weight is 520 g/mol. The number of benzene rings is 3. The number of nitrogens with zero attached hydrogens (tertiary/aromatic N) is 1. The maximum Gasteiger partial charge on any atom is 0.0880 e. The van der Waals surface area contributed by atoms with Crippen LogP contribution in [0.25, 0.3) is 52.6 Å². The van der Waals surface area contributed by atoms with E-state index in [1.807, 2.05) is 28.9 Å². The van der Waals surface area contributed by atoms with Crippen LogP contribution >= 0.6 is 22.7 Å². The van der Waals surface area contributed by atoms with E-state index in [9.17, 15) is 0 Å². The number of pyridine rings is 1. The molecule has 0 saturated heterocycles. The summed E-state index contributed by atoms with van der Waals surface area (Å²) >= 11 is 3.84. The fourth-order valence-electron chi connectivity index (χ4n) is 5.49. The third-order valence-electron chi connectivity index (χ3n) is 7.29. The monoisotopic (exact) mass is 519 g/mol. The molecule has 1 nitrogen and oxygen atoms in total. The first kappa shape index (κ1) is 24.3. The first-order valence-electron chi connectivity index (χ1n) is 13.1. The molecule has 3 aromatic carbocycles. The summed E-state index contributed by atoms with van der Waals surface area (Å²) in [7, 11) is 0. The Labute approximate surface area is 227 Å². The molecule has 186 valence electrons. The zero-order valence-corrected chi connectivity index (χ0v) is 24.1. The first-order chi connectivity index (χ1) is 17.7. The maximum absolute atomic E-state index is 4.94. The number of aryl methyl sites for hydroxylation is 1. The summed E-state index contributed by atoms with van der Waals surface area (Å²) in [6.45, 7) is 13.8. The quantitative estimate of drug-likeness (QED) is 0.226. The highest BCUT2D eigenvalue weighted by molar-refractivity contribution is 7.23. The van der Waals surface area contributed by atoms with Gasteiger partial charge < -0.3 is 0 Å². The second-order valence-corrected chi connectivity index (χ2v) is 13.8. The van der Waals surface area contributed by atoms with E-state index in [1.165, 1.54) is 63.0 Å². The molecule has 0 atom stereocenters. The Kier molecular flexibility index (Phi) is 5.97. The SMILES string of the molecule is Cc1c(CC(C)C)sc2cccc(-c3cc4ccnc(-c5cc(C(C)(C)C)c6ccccc6c5)c4s3)c12. The molecule has 3 heteroatoms. The predicted molar refractivity (Wildman–Crippen MR) is 165 cm³/mol. The first-order valence-corrected chi connectivity index (χ1v) is 14.8. The molecular weight excluding hydrogens is 487 g/mol. The third kappa shape index (κ3) is 4.28. The van der Waals surface area contributed by atoms with Crippen LogP contribution in [0, 0.1) is 12.8 Å². The second kappa shape index (κ2) is 9.08. The van der Waals surface area contributed by atoms with Gasteiger partial charge in [-0.15, -0.1) is 22.7 Å². The Bertz CT molecular complexity index is 1780. The topological polar surface area (TPSA) is 12.9 Å². The van der Waals surface area contributed by atoms with Crippen molar-refractivity contribution in [1.82, 2.24) is 4.98 Å². The Morgan fingerprint density at radius 3 is 2.46 bits per heavy atom. The molecule has 6 aromatic rings. The zero-order chi connectivity index (χ0) is 25.9. The summed E-state index contributed by atoms with van der Waals surface area (Å²) in [5, 5.41) is 5.29. The van der Waals surface area contributed by atoms with Gasteiger partial charge in [-0.3, -0.25) is 4.98 Å². The predicted octanol–water partition coefficient (Wildman–Crippen LogP) is 10.8. The lowest BCUT2D eigenvalue weighted by atomic mass is 9.82. The molecule has 0 unspecified atom stereocenters. The van der Waals surface area contributed by atoms with Gasteiger partial charge in [0.2, 0.25) is 0 Å². The van der Waals surface area contributed by atoms with E-state index in [2.05, 4.69) is 108 Å². The van der Waals surface area contributed by atoms with Gasteiger partial charge in [0.1, 0.15) is 0 Å². The van der Waals surface area contributed by atoms with Gasteiger partial charge in [0.15, 0.2) is 0 Å². The molecule has 3 aromatic heterocycles. The summed E-state index contributed by atoms with van der Waals surface area (Å²) in [6.07, 6.45) is 3.11. The summed E-state index contributed by atoms with van der Waals surface area (Å²) in [5.74, 6) is 0.660. The van der Waals surface area contributed by atoms with Crippen molar-refractivity contribution in [3.63, 3.8) is 0 Å². The lowest BCUT2D eigenvalue weighted by molar-refractivity contribution is 0.596. The van der Waals surface area contributed by atoms with Gasteiger partial charge in [0.05, 0.1) is 10.4 Å². The average Bonchev–Trinajstić information content (AvgIpc) is 3.43. The molecule has 0 amide bonds. The van der Waals surface area contributed by atoms with Crippen molar-refractivity contribution in [2.24, 2.45) is 5.92 Å². The van der Waals surface area contributed by atoms with E-state index in [1.54, 1.807) is 0 Å². The minimum absolute atomic E-state index is 0.0456. The number of aromatic nitrogens is 1. The Balaban J connectivity index is 1.55. The second-order valence-electron chi connectivity index (χ2n) is 11.6. The van der Waals surface area contributed by atoms with Crippen LogP contribution in [0.4, 0.5) is 0 Å². The highest BCUT2D eigenvalue weighted by Gasteiger charge is 2.21. The van der Waals surface area contributed by atoms with E-state index >= 15 is 0 Å². The smallest absolute Gasteiger partial charge is 0.0880 e. The molecule has 3 heterocycles. The Morgan fingerprint density at radius 1 is 0.865 bits per heavy atom. The minimum Gasteiger partial charge on any atom is -0.255 e. The van der Waals surface area contributed by atoms with Crippen LogP contribution in [0.5, 0.6) is 0 Å². The molecule has 0 radical (unpaired) electrons. The van der Waals surface area contributed by atoms with Crippen LogP contribution in [-0.4, -0.2) is 4.98 Å². The summed E-state index contributed by atoms with van der Waals surface area (Å²) < 4.78 is 2.66. The number of thiophene rings is 2. The van der Waals surface area contributed by atoms with Gasteiger partial charge >= 0.3 is 0 Å². The van der Waals surface area contributed by atoms with E-state index in [-0.39, 0.29) is 5.41 Å². The molecule has 37 heavy (non-hydrogen) atoms.